The number of ether oxygens (including phenoxy) is 1. The Morgan fingerprint density at radius 2 is 1.92 bits per heavy atom. The number of fused-ring (bicyclic) bond motifs is 1. The Balaban J connectivity index is 1.63. The summed E-state index contributed by atoms with van der Waals surface area (Å²) in [5.74, 6) is 0.956. The molecule has 3 rings (SSSR count). The quantitative estimate of drug-likeness (QED) is 0.936. The highest BCUT2D eigenvalue weighted by atomic mass is 16.6. The second-order valence-electron chi connectivity index (χ2n) is 6.70. The third-order valence-corrected chi connectivity index (χ3v) is 4.04. The van der Waals surface area contributed by atoms with Crippen LogP contribution in [0.1, 0.15) is 13.8 Å². The van der Waals surface area contributed by atoms with E-state index in [9.17, 15) is 9.90 Å². The molecule has 1 saturated heterocycles. The van der Waals surface area contributed by atoms with Crippen LogP contribution in [0.5, 0.6) is 0 Å². The van der Waals surface area contributed by atoms with Crippen molar-refractivity contribution in [3.63, 3.8) is 0 Å². The number of pyridine rings is 1. The summed E-state index contributed by atoms with van der Waals surface area (Å²) >= 11 is 0. The number of aromatic nitrogens is 1. The van der Waals surface area contributed by atoms with Crippen molar-refractivity contribution < 1.29 is 14.6 Å². The summed E-state index contributed by atoms with van der Waals surface area (Å²) in [6, 6.07) is 10.2. The number of aliphatic hydroxyl groups is 1. The average molecular weight is 329 g/mol. The number of rotatable bonds is 3. The highest BCUT2D eigenvalue weighted by molar-refractivity contribution is 5.92. The number of nitrogens with zero attached hydrogens (tertiary/aromatic N) is 3. The van der Waals surface area contributed by atoms with Crippen LogP contribution in [0.25, 0.3) is 10.8 Å². The maximum absolute atomic E-state index is 12.1. The zero-order valence-corrected chi connectivity index (χ0v) is 14.1. The number of carbonyl (C=O) groups is 1. The topological polar surface area (TPSA) is 65.9 Å². The van der Waals surface area contributed by atoms with Gasteiger partial charge in [-0.1, -0.05) is 24.3 Å². The Morgan fingerprint density at radius 3 is 2.62 bits per heavy atom. The third kappa shape index (κ3) is 3.76. The van der Waals surface area contributed by atoms with E-state index in [1.54, 1.807) is 18.7 Å². The molecule has 1 amide bonds. The van der Waals surface area contributed by atoms with E-state index in [-0.39, 0.29) is 12.7 Å². The van der Waals surface area contributed by atoms with Crippen LogP contribution < -0.4 is 4.90 Å². The Kier molecular flexibility index (Phi) is 4.57. The molecule has 0 atom stereocenters. The fraction of sp³-hybridized carbons (Fsp3) is 0.444. The van der Waals surface area contributed by atoms with Crippen LogP contribution in [0.3, 0.4) is 0 Å². The van der Waals surface area contributed by atoms with Gasteiger partial charge in [-0.3, -0.25) is 0 Å². The molecule has 2 aromatic rings. The van der Waals surface area contributed by atoms with Gasteiger partial charge in [0.2, 0.25) is 0 Å². The maximum atomic E-state index is 12.1. The standard InChI is InChI=1S/C18H23N3O3/c1-18(2,23)13-24-17(22)21-11-9-20(10-12-21)16-15-6-4-3-5-14(15)7-8-19-16/h3-8,23H,9-13H2,1-2H3. The summed E-state index contributed by atoms with van der Waals surface area (Å²) in [4.78, 5) is 20.5. The number of piperazine rings is 1. The molecule has 128 valence electrons. The molecule has 1 N–H and O–H groups in total. The van der Waals surface area contributed by atoms with Crippen molar-refractivity contribution in [1.82, 2.24) is 9.88 Å². The fourth-order valence-corrected chi connectivity index (χ4v) is 2.79. The molecule has 1 aromatic heterocycles. The van der Waals surface area contributed by atoms with Crippen LogP contribution in [0.4, 0.5) is 10.6 Å². The second kappa shape index (κ2) is 6.65. The van der Waals surface area contributed by atoms with Gasteiger partial charge in [-0.25, -0.2) is 9.78 Å². The summed E-state index contributed by atoms with van der Waals surface area (Å²) in [6.07, 6.45) is 1.45. The molecule has 0 aliphatic carbocycles. The first kappa shape index (κ1) is 16.5. The number of hydrogen-bond acceptors (Lipinski definition) is 5. The highest BCUT2D eigenvalue weighted by Crippen LogP contribution is 2.25. The van der Waals surface area contributed by atoms with Crippen molar-refractivity contribution in [2.24, 2.45) is 0 Å². The Morgan fingerprint density at radius 1 is 1.21 bits per heavy atom. The predicted octanol–water partition coefficient (Wildman–Crippen LogP) is 2.26. The van der Waals surface area contributed by atoms with Gasteiger partial charge in [0.15, 0.2) is 0 Å². The van der Waals surface area contributed by atoms with Crippen LogP contribution in [0.15, 0.2) is 36.5 Å². The molecule has 1 fully saturated rings. The summed E-state index contributed by atoms with van der Waals surface area (Å²) in [7, 11) is 0. The molecule has 1 aliphatic rings. The molecule has 0 radical (unpaired) electrons. The largest absolute Gasteiger partial charge is 0.446 e. The van der Waals surface area contributed by atoms with Crippen molar-refractivity contribution in [1.29, 1.82) is 0 Å². The maximum Gasteiger partial charge on any atom is 0.409 e. The van der Waals surface area contributed by atoms with Crippen molar-refractivity contribution in [3.8, 4) is 0 Å². The van der Waals surface area contributed by atoms with E-state index in [1.807, 2.05) is 24.4 Å². The van der Waals surface area contributed by atoms with E-state index in [1.165, 1.54) is 0 Å². The van der Waals surface area contributed by atoms with Crippen LogP contribution in [0.2, 0.25) is 0 Å². The minimum Gasteiger partial charge on any atom is -0.446 e. The summed E-state index contributed by atoms with van der Waals surface area (Å²) in [6.45, 7) is 5.80. The molecule has 6 nitrogen and oxygen atoms in total. The van der Waals surface area contributed by atoms with Gasteiger partial charge in [-0.05, 0) is 25.3 Å². The van der Waals surface area contributed by atoms with E-state index < -0.39 is 5.60 Å². The summed E-state index contributed by atoms with van der Waals surface area (Å²) in [5, 5.41) is 11.9. The van der Waals surface area contributed by atoms with Crippen LogP contribution in [0, 0.1) is 0 Å². The van der Waals surface area contributed by atoms with Crippen molar-refractivity contribution in [2.75, 3.05) is 37.7 Å². The lowest BCUT2D eigenvalue weighted by Crippen LogP contribution is -2.49. The average Bonchev–Trinajstić information content (AvgIpc) is 2.59. The predicted molar refractivity (Wildman–Crippen MR) is 93.2 cm³/mol. The first-order valence-electron chi connectivity index (χ1n) is 8.17. The molecule has 6 heteroatoms. The first-order chi connectivity index (χ1) is 11.4. The van der Waals surface area contributed by atoms with Crippen LogP contribution in [-0.2, 0) is 4.74 Å². The van der Waals surface area contributed by atoms with Crippen LogP contribution >= 0.6 is 0 Å². The van der Waals surface area contributed by atoms with Gasteiger partial charge in [0, 0.05) is 37.8 Å². The number of anilines is 1. The number of amides is 1. The van der Waals surface area contributed by atoms with Gasteiger partial charge < -0.3 is 19.6 Å². The van der Waals surface area contributed by atoms with Gasteiger partial charge in [-0.2, -0.15) is 0 Å². The van der Waals surface area contributed by atoms with Crippen molar-refractivity contribution >= 4 is 22.7 Å². The van der Waals surface area contributed by atoms with E-state index >= 15 is 0 Å². The Hall–Kier alpha value is -2.34. The minimum atomic E-state index is -1.01. The SMILES string of the molecule is CC(C)(O)COC(=O)N1CCN(c2nccc3ccccc23)CC1. The smallest absolute Gasteiger partial charge is 0.409 e. The Bertz CT molecular complexity index is 714. The molecule has 24 heavy (non-hydrogen) atoms. The lowest BCUT2D eigenvalue weighted by Gasteiger charge is -2.35. The van der Waals surface area contributed by atoms with Crippen LogP contribution in [-0.4, -0.2) is 59.5 Å². The minimum absolute atomic E-state index is 0.00305. The molecule has 1 aromatic carbocycles. The molecule has 0 bridgehead atoms. The number of carbonyl (C=O) groups excluding carboxylic acids is 1. The zero-order chi connectivity index (χ0) is 17.2. The highest BCUT2D eigenvalue weighted by Gasteiger charge is 2.25. The third-order valence-electron chi connectivity index (χ3n) is 4.04. The van der Waals surface area contributed by atoms with Crippen molar-refractivity contribution in [3.05, 3.63) is 36.5 Å². The number of benzene rings is 1. The molecule has 0 saturated carbocycles. The summed E-state index contributed by atoms with van der Waals surface area (Å²) < 4.78 is 5.16. The van der Waals surface area contributed by atoms with E-state index in [2.05, 4.69) is 22.0 Å². The van der Waals surface area contributed by atoms with E-state index in [0.717, 1.165) is 16.6 Å². The Labute approximate surface area is 141 Å². The molecule has 0 spiro atoms. The lowest BCUT2D eigenvalue weighted by molar-refractivity contribution is -0.00414. The van der Waals surface area contributed by atoms with E-state index in [4.69, 9.17) is 4.74 Å². The van der Waals surface area contributed by atoms with Crippen molar-refractivity contribution in [2.45, 2.75) is 19.4 Å². The molecule has 2 heterocycles. The molecule has 1 aliphatic heterocycles. The van der Waals surface area contributed by atoms with E-state index in [0.29, 0.717) is 26.2 Å². The normalized spacial score (nSPS) is 15.6. The molecular formula is C18H23N3O3. The van der Waals surface area contributed by atoms with Gasteiger partial charge >= 0.3 is 6.09 Å². The summed E-state index contributed by atoms with van der Waals surface area (Å²) in [5.41, 5.74) is -1.01. The number of hydrogen-bond donors (Lipinski definition) is 1. The zero-order valence-electron chi connectivity index (χ0n) is 14.1. The van der Waals surface area contributed by atoms with Gasteiger partial charge in [0.25, 0.3) is 0 Å². The first-order valence-corrected chi connectivity index (χ1v) is 8.17. The fourth-order valence-electron chi connectivity index (χ4n) is 2.79. The molecule has 0 unspecified atom stereocenters. The second-order valence-corrected chi connectivity index (χ2v) is 6.70. The monoisotopic (exact) mass is 329 g/mol. The lowest BCUT2D eigenvalue weighted by atomic mass is 10.1. The van der Waals surface area contributed by atoms with Gasteiger partial charge in [-0.15, -0.1) is 0 Å². The molecular weight excluding hydrogens is 306 g/mol. The van der Waals surface area contributed by atoms with Gasteiger partial charge in [0.05, 0.1) is 5.60 Å². The van der Waals surface area contributed by atoms with Gasteiger partial charge in [0.1, 0.15) is 12.4 Å².